The molecular weight excluding hydrogens is 450 g/mol. The SMILES string of the molecule is CC/C=C(\Nc1cccc(Cn2nc(-c3ccc(-c4nc(=S)o[nH]4)cc3)ccc2=O)c1)OCC. The Bertz CT molecular complexity index is 1400. The van der Waals surface area contributed by atoms with Crippen LogP contribution < -0.4 is 10.9 Å². The van der Waals surface area contributed by atoms with E-state index in [1.54, 1.807) is 6.07 Å². The third-order valence-electron chi connectivity index (χ3n) is 4.98. The molecule has 0 aliphatic heterocycles. The lowest BCUT2D eigenvalue weighted by Crippen LogP contribution is -2.22. The van der Waals surface area contributed by atoms with Gasteiger partial charge in [0.05, 0.1) is 18.8 Å². The Balaban J connectivity index is 1.54. The van der Waals surface area contributed by atoms with Gasteiger partial charge < -0.3 is 14.6 Å². The third-order valence-corrected chi connectivity index (χ3v) is 5.15. The van der Waals surface area contributed by atoms with Crippen LogP contribution in [0.2, 0.25) is 0 Å². The third kappa shape index (κ3) is 5.68. The van der Waals surface area contributed by atoms with E-state index in [4.69, 9.17) is 21.5 Å². The van der Waals surface area contributed by atoms with Crippen molar-refractivity contribution in [3.63, 3.8) is 0 Å². The van der Waals surface area contributed by atoms with E-state index in [0.29, 0.717) is 24.7 Å². The largest absolute Gasteiger partial charge is 0.479 e. The van der Waals surface area contributed by atoms with Gasteiger partial charge in [-0.15, -0.1) is 0 Å². The Kier molecular flexibility index (Phi) is 7.34. The van der Waals surface area contributed by atoms with E-state index in [-0.39, 0.29) is 10.4 Å². The Morgan fingerprint density at radius 1 is 1.15 bits per heavy atom. The molecule has 8 nitrogen and oxygen atoms in total. The minimum absolute atomic E-state index is 0.155. The van der Waals surface area contributed by atoms with Gasteiger partial charge in [-0.25, -0.2) is 9.84 Å². The second kappa shape index (κ2) is 10.8. The molecule has 0 aliphatic rings. The number of ether oxygens (including phenoxy) is 1. The lowest BCUT2D eigenvalue weighted by atomic mass is 10.1. The predicted molar refractivity (Wildman–Crippen MR) is 134 cm³/mol. The van der Waals surface area contributed by atoms with Crippen molar-refractivity contribution in [2.75, 3.05) is 11.9 Å². The summed E-state index contributed by atoms with van der Waals surface area (Å²) in [5.41, 5.74) is 4.07. The summed E-state index contributed by atoms with van der Waals surface area (Å²) >= 11 is 4.90. The average molecular weight is 476 g/mol. The zero-order chi connectivity index (χ0) is 23.9. The van der Waals surface area contributed by atoms with Crippen LogP contribution in [0.25, 0.3) is 22.6 Å². The summed E-state index contributed by atoms with van der Waals surface area (Å²) in [6, 6.07) is 18.7. The number of hydrogen-bond acceptors (Lipinski definition) is 7. The summed E-state index contributed by atoms with van der Waals surface area (Å²) < 4.78 is 12.1. The molecule has 0 unspecified atom stereocenters. The Labute approximate surface area is 201 Å². The van der Waals surface area contributed by atoms with Gasteiger partial charge in [0.2, 0.25) is 0 Å². The molecule has 4 rings (SSSR count). The Morgan fingerprint density at radius 3 is 2.65 bits per heavy atom. The number of hydrogen-bond donors (Lipinski definition) is 2. The van der Waals surface area contributed by atoms with Gasteiger partial charge in [-0.2, -0.15) is 10.1 Å². The van der Waals surface area contributed by atoms with Gasteiger partial charge in [-0.3, -0.25) is 4.79 Å². The van der Waals surface area contributed by atoms with E-state index < -0.39 is 0 Å². The molecule has 0 spiro atoms. The van der Waals surface area contributed by atoms with Gasteiger partial charge in [0.1, 0.15) is 0 Å². The molecular formula is C25H25N5O3S. The predicted octanol–water partition coefficient (Wildman–Crippen LogP) is 5.37. The van der Waals surface area contributed by atoms with Crippen LogP contribution in [0.4, 0.5) is 5.69 Å². The lowest BCUT2D eigenvalue weighted by Gasteiger charge is -2.13. The van der Waals surface area contributed by atoms with Crippen molar-refractivity contribution >= 4 is 17.9 Å². The second-order valence-electron chi connectivity index (χ2n) is 7.46. The average Bonchev–Trinajstić information content (AvgIpc) is 3.27. The summed E-state index contributed by atoms with van der Waals surface area (Å²) in [6.07, 6.45) is 2.86. The fourth-order valence-electron chi connectivity index (χ4n) is 3.42. The monoisotopic (exact) mass is 475 g/mol. The van der Waals surface area contributed by atoms with Crippen LogP contribution in [0.5, 0.6) is 0 Å². The molecule has 0 fully saturated rings. The minimum Gasteiger partial charge on any atom is -0.479 e. The van der Waals surface area contributed by atoms with Crippen molar-refractivity contribution < 1.29 is 9.26 Å². The zero-order valence-electron chi connectivity index (χ0n) is 18.9. The van der Waals surface area contributed by atoms with E-state index in [2.05, 4.69) is 27.5 Å². The Hall–Kier alpha value is -3.98. The molecule has 9 heteroatoms. The maximum absolute atomic E-state index is 12.5. The summed E-state index contributed by atoms with van der Waals surface area (Å²) in [4.78, 5) is 16.8. The van der Waals surface area contributed by atoms with Crippen LogP contribution >= 0.6 is 12.2 Å². The molecule has 4 aromatic rings. The smallest absolute Gasteiger partial charge is 0.314 e. The van der Waals surface area contributed by atoms with Crippen molar-refractivity contribution in [3.8, 4) is 22.6 Å². The number of H-pyrrole nitrogens is 1. The van der Waals surface area contributed by atoms with E-state index in [1.165, 1.54) is 10.7 Å². The highest BCUT2D eigenvalue weighted by Crippen LogP contribution is 2.21. The summed E-state index contributed by atoms with van der Waals surface area (Å²) in [6.45, 7) is 4.93. The highest BCUT2D eigenvalue weighted by molar-refractivity contribution is 7.71. The number of benzene rings is 2. The van der Waals surface area contributed by atoms with Crippen molar-refractivity contribution in [1.29, 1.82) is 0 Å². The number of allylic oxidation sites excluding steroid dienone is 1. The maximum Gasteiger partial charge on any atom is 0.314 e. The van der Waals surface area contributed by atoms with E-state index in [0.717, 1.165) is 34.7 Å². The first-order valence-electron chi connectivity index (χ1n) is 11.0. The standard InChI is InChI=1S/C25H25N5O3S/c1-3-6-22(32-4-2)26-20-8-5-7-17(15-20)16-30-23(31)14-13-21(28-30)18-9-11-19(12-10-18)24-27-25(34)33-29-24/h5-15,26H,3-4,16H2,1-2H3,(H,27,29,34)/b22-6+. The van der Waals surface area contributed by atoms with E-state index in [1.807, 2.05) is 61.5 Å². The van der Waals surface area contributed by atoms with Crippen LogP contribution in [0.1, 0.15) is 25.8 Å². The van der Waals surface area contributed by atoms with Crippen LogP contribution in [-0.4, -0.2) is 26.5 Å². The van der Waals surface area contributed by atoms with Crippen molar-refractivity contribution in [1.82, 2.24) is 19.9 Å². The van der Waals surface area contributed by atoms with Crippen LogP contribution in [-0.2, 0) is 11.3 Å². The van der Waals surface area contributed by atoms with Gasteiger partial charge in [0, 0.05) is 22.9 Å². The number of rotatable bonds is 9. The van der Waals surface area contributed by atoms with E-state index >= 15 is 0 Å². The van der Waals surface area contributed by atoms with E-state index in [9.17, 15) is 4.79 Å². The highest BCUT2D eigenvalue weighted by Gasteiger charge is 2.08. The van der Waals surface area contributed by atoms with Crippen molar-refractivity contribution in [3.05, 3.63) is 93.4 Å². The molecule has 0 bridgehead atoms. The second-order valence-corrected chi connectivity index (χ2v) is 7.81. The number of aromatic amines is 1. The zero-order valence-corrected chi connectivity index (χ0v) is 19.8. The topological polar surface area (TPSA) is 98.0 Å². The summed E-state index contributed by atoms with van der Waals surface area (Å²) in [5.74, 6) is 1.28. The van der Waals surface area contributed by atoms with Crippen LogP contribution in [0, 0.1) is 4.84 Å². The van der Waals surface area contributed by atoms with Gasteiger partial charge in [0.15, 0.2) is 11.7 Å². The molecule has 0 atom stereocenters. The highest BCUT2D eigenvalue weighted by atomic mass is 32.1. The Morgan fingerprint density at radius 2 is 1.94 bits per heavy atom. The number of nitrogens with zero attached hydrogens (tertiary/aromatic N) is 3. The molecule has 2 N–H and O–H groups in total. The van der Waals surface area contributed by atoms with Gasteiger partial charge in [-0.1, -0.05) is 43.3 Å². The first-order valence-corrected chi connectivity index (χ1v) is 11.4. The van der Waals surface area contributed by atoms with Crippen molar-refractivity contribution in [2.45, 2.75) is 26.8 Å². The number of nitrogens with one attached hydrogen (secondary N) is 2. The molecule has 0 radical (unpaired) electrons. The fraction of sp³-hybridized carbons (Fsp3) is 0.200. The summed E-state index contributed by atoms with van der Waals surface area (Å²) in [7, 11) is 0. The first-order chi connectivity index (χ1) is 16.6. The number of aromatic nitrogens is 4. The molecule has 0 saturated heterocycles. The fourth-order valence-corrected chi connectivity index (χ4v) is 3.55. The van der Waals surface area contributed by atoms with Crippen LogP contribution in [0.15, 0.2) is 81.9 Å². The minimum atomic E-state index is -0.171. The quantitative estimate of drug-likeness (QED) is 0.248. The molecule has 0 saturated carbocycles. The number of anilines is 1. The lowest BCUT2D eigenvalue weighted by molar-refractivity contribution is 0.233. The van der Waals surface area contributed by atoms with Crippen LogP contribution in [0.3, 0.4) is 0 Å². The first kappa shape index (κ1) is 23.2. The normalized spacial score (nSPS) is 11.4. The summed E-state index contributed by atoms with van der Waals surface area (Å²) in [5, 5.41) is 10.6. The molecule has 34 heavy (non-hydrogen) atoms. The van der Waals surface area contributed by atoms with Gasteiger partial charge in [-0.05, 0) is 55.4 Å². The molecule has 2 aromatic heterocycles. The molecule has 0 aliphatic carbocycles. The van der Waals surface area contributed by atoms with Gasteiger partial charge in [0.25, 0.3) is 5.56 Å². The van der Waals surface area contributed by atoms with Crippen molar-refractivity contribution in [2.24, 2.45) is 0 Å². The maximum atomic E-state index is 12.5. The van der Waals surface area contributed by atoms with Gasteiger partial charge >= 0.3 is 4.84 Å². The molecule has 174 valence electrons. The molecule has 0 amide bonds. The molecule has 2 aromatic carbocycles. The molecule has 2 heterocycles.